The number of anilines is 1. The molecule has 19 heavy (non-hydrogen) atoms. The number of hydrogen-bond donors (Lipinski definition) is 2. The summed E-state index contributed by atoms with van der Waals surface area (Å²) in [5.41, 5.74) is -0.740. The van der Waals surface area contributed by atoms with Gasteiger partial charge in [-0.15, -0.1) is 0 Å². The highest BCUT2D eigenvalue weighted by atomic mass is 32.2. The van der Waals surface area contributed by atoms with Crippen LogP contribution in [0.25, 0.3) is 0 Å². The lowest BCUT2D eigenvalue weighted by molar-refractivity contribution is 0.362. The molecule has 0 aromatic heterocycles. The molecular formula is C10H12F3N3O2S. The van der Waals surface area contributed by atoms with E-state index in [9.17, 15) is 21.6 Å². The van der Waals surface area contributed by atoms with Gasteiger partial charge in [0.25, 0.3) is 0 Å². The van der Waals surface area contributed by atoms with Crippen molar-refractivity contribution >= 4 is 15.9 Å². The first kappa shape index (κ1) is 14.1. The smallest absolute Gasteiger partial charge is 0.301 e. The van der Waals surface area contributed by atoms with Crippen LogP contribution in [0.4, 0.5) is 18.9 Å². The van der Waals surface area contributed by atoms with Gasteiger partial charge in [-0.1, -0.05) is 0 Å². The molecule has 1 aromatic carbocycles. The van der Waals surface area contributed by atoms with Gasteiger partial charge in [-0.05, 0) is 0 Å². The summed E-state index contributed by atoms with van der Waals surface area (Å²) in [6.07, 6.45) is 0. The third-order valence-electron chi connectivity index (χ3n) is 2.65. The summed E-state index contributed by atoms with van der Waals surface area (Å²) in [5, 5.41) is 2.95. The summed E-state index contributed by atoms with van der Waals surface area (Å²) in [4.78, 5) is 0. The molecule has 1 heterocycles. The van der Waals surface area contributed by atoms with E-state index >= 15 is 0 Å². The van der Waals surface area contributed by atoms with Crippen molar-refractivity contribution in [2.24, 2.45) is 0 Å². The Kier molecular flexibility index (Phi) is 3.97. The molecule has 1 aliphatic heterocycles. The van der Waals surface area contributed by atoms with Crippen molar-refractivity contribution in [3.63, 3.8) is 0 Å². The van der Waals surface area contributed by atoms with Crippen LogP contribution in [0, 0.1) is 17.5 Å². The first-order valence-electron chi connectivity index (χ1n) is 5.53. The number of hydrogen-bond acceptors (Lipinski definition) is 3. The Morgan fingerprint density at radius 2 is 1.79 bits per heavy atom. The van der Waals surface area contributed by atoms with Gasteiger partial charge in [-0.2, -0.15) is 12.7 Å². The topological polar surface area (TPSA) is 61.4 Å². The lowest BCUT2D eigenvalue weighted by Crippen LogP contribution is -2.48. The van der Waals surface area contributed by atoms with Crippen LogP contribution in [0.1, 0.15) is 0 Å². The predicted octanol–water partition coefficient (Wildman–Crippen LogP) is 0.666. The number of nitrogens with one attached hydrogen (secondary N) is 2. The summed E-state index contributed by atoms with van der Waals surface area (Å²) in [6, 6.07) is 0.941. The maximum absolute atomic E-state index is 13.4. The molecule has 0 spiro atoms. The monoisotopic (exact) mass is 295 g/mol. The van der Waals surface area contributed by atoms with Crippen LogP contribution in [0.5, 0.6) is 0 Å². The average molecular weight is 295 g/mol. The number of benzene rings is 1. The molecule has 0 saturated carbocycles. The van der Waals surface area contributed by atoms with E-state index in [1.165, 1.54) is 0 Å². The number of halogens is 3. The summed E-state index contributed by atoms with van der Waals surface area (Å²) in [5.74, 6) is -3.94. The van der Waals surface area contributed by atoms with Crippen molar-refractivity contribution in [3.8, 4) is 0 Å². The van der Waals surface area contributed by atoms with Crippen LogP contribution in [-0.4, -0.2) is 38.9 Å². The quantitative estimate of drug-likeness (QED) is 0.806. The largest absolute Gasteiger partial charge is 0.314 e. The molecule has 1 aliphatic rings. The van der Waals surface area contributed by atoms with Gasteiger partial charge in [0.05, 0.1) is 5.69 Å². The minimum absolute atomic E-state index is 0.203. The van der Waals surface area contributed by atoms with Crippen molar-refractivity contribution in [1.29, 1.82) is 0 Å². The molecule has 1 aromatic rings. The zero-order chi connectivity index (χ0) is 14.0. The van der Waals surface area contributed by atoms with Gasteiger partial charge in [-0.25, -0.2) is 13.2 Å². The minimum atomic E-state index is -4.02. The maximum atomic E-state index is 13.4. The van der Waals surface area contributed by atoms with Crippen LogP contribution in [-0.2, 0) is 10.2 Å². The van der Waals surface area contributed by atoms with Crippen LogP contribution in [0.3, 0.4) is 0 Å². The fourth-order valence-corrected chi connectivity index (χ4v) is 2.94. The highest BCUT2D eigenvalue weighted by molar-refractivity contribution is 7.90. The Balaban J connectivity index is 2.25. The third-order valence-corrected chi connectivity index (χ3v) is 4.17. The Hall–Kier alpha value is -1.32. The molecule has 106 valence electrons. The molecular weight excluding hydrogens is 283 g/mol. The Labute approximate surface area is 108 Å². The molecule has 0 unspecified atom stereocenters. The molecule has 0 amide bonds. The van der Waals surface area contributed by atoms with Gasteiger partial charge < -0.3 is 5.32 Å². The Morgan fingerprint density at radius 3 is 2.42 bits per heavy atom. The zero-order valence-electron chi connectivity index (χ0n) is 9.79. The van der Waals surface area contributed by atoms with Crippen LogP contribution < -0.4 is 10.0 Å². The summed E-state index contributed by atoms with van der Waals surface area (Å²) in [7, 11) is -4.02. The number of rotatable bonds is 3. The summed E-state index contributed by atoms with van der Waals surface area (Å²) < 4.78 is 66.1. The lowest BCUT2D eigenvalue weighted by Gasteiger charge is -2.26. The second kappa shape index (κ2) is 5.35. The lowest BCUT2D eigenvalue weighted by atomic mass is 10.3. The Morgan fingerprint density at radius 1 is 1.16 bits per heavy atom. The highest BCUT2D eigenvalue weighted by Crippen LogP contribution is 2.21. The first-order valence-corrected chi connectivity index (χ1v) is 6.97. The van der Waals surface area contributed by atoms with Crippen LogP contribution in [0.15, 0.2) is 12.1 Å². The standard InChI is InChI=1S/C10H12F3N3O2S/c11-7-5-8(12)10(13)9(6-7)15-19(17,18)16-3-1-14-2-4-16/h5-6,14-15H,1-4H2. The molecule has 1 saturated heterocycles. The molecule has 0 radical (unpaired) electrons. The van der Waals surface area contributed by atoms with Gasteiger partial charge in [0.1, 0.15) is 5.82 Å². The molecule has 2 N–H and O–H groups in total. The predicted molar refractivity (Wildman–Crippen MR) is 63.3 cm³/mol. The van der Waals surface area contributed by atoms with Crippen molar-refractivity contribution in [2.75, 3.05) is 30.9 Å². The van der Waals surface area contributed by atoms with Gasteiger partial charge in [0.2, 0.25) is 0 Å². The minimum Gasteiger partial charge on any atom is -0.314 e. The molecule has 0 bridgehead atoms. The molecule has 0 atom stereocenters. The van der Waals surface area contributed by atoms with Crippen LogP contribution >= 0.6 is 0 Å². The van der Waals surface area contributed by atoms with Gasteiger partial charge in [0.15, 0.2) is 11.6 Å². The van der Waals surface area contributed by atoms with Gasteiger partial charge in [-0.3, -0.25) is 4.72 Å². The summed E-state index contributed by atoms with van der Waals surface area (Å²) >= 11 is 0. The van der Waals surface area contributed by atoms with E-state index in [1.807, 2.05) is 4.72 Å². The SMILES string of the molecule is O=S(=O)(Nc1cc(F)cc(F)c1F)N1CCNCC1. The fourth-order valence-electron chi connectivity index (χ4n) is 1.72. The van der Waals surface area contributed by atoms with Crippen molar-refractivity contribution in [1.82, 2.24) is 9.62 Å². The first-order chi connectivity index (χ1) is 8.90. The van der Waals surface area contributed by atoms with E-state index in [4.69, 9.17) is 0 Å². The fraction of sp³-hybridized carbons (Fsp3) is 0.400. The normalized spacial score (nSPS) is 17.4. The second-order valence-corrected chi connectivity index (χ2v) is 5.68. The van der Waals surface area contributed by atoms with E-state index in [0.717, 1.165) is 4.31 Å². The summed E-state index contributed by atoms with van der Waals surface area (Å²) in [6.45, 7) is 1.32. The van der Waals surface area contributed by atoms with E-state index in [1.54, 1.807) is 0 Å². The van der Waals surface area contributed by atoms with Crippen LogP contribution in [0.2, 0.25) is 0 Å². The third kappa shape index (κ3) is 3.17. The van der Waals surface area contributed by atoms with Gasteiger partial charge >= 0.3 is 10.2 Å². The van der Waals surface area contributed by atoms with E-state index in [-0.39, 0.29) is 13.1 Å². The van der Waals surface area contributed by atoms with Crippen molar-refractivity contribution < 1.29 is 21.6 Å². The molecule has 5 nitrogen and oxygen atoms in total. The molecule has 0 aliphatic carbocycles. The molecule has 9 heteroatoms. The maximum Gasteiger partial charge on any atom is 0.301 e. The zero-order valence-corrected chi connectivity index (χ0v) is 10.6. The average Bonchev–Trinajstić information content (AvgIpc) is 2.36. The highest BCUT2D eigenvalue weighted by Gasteiger charge is 2.25. The van der Waals surface area contributed by atoms with Crippen molar-refractivity contribution in [2.45, 2.75) is 0 Å². The van der Waals surface area contributed by atoms with E-state index in [0.29, 0.717) is 25.2 Å². The van der Waals surface area contributed by atoms with E-state index in [2.05, 4.69) is 5.32 Å². The molecule has 2 rings (SSSR count). The van der Waals surface area contributed by atoms with E-state index < -0.39 is 33.3 Å². The van der Waals surface area contributed by atoms with Crippen molar-refractivity contribution in [3.05, 3.63) is 29.6 Å². The van der Waals surface area contributed by atoms with Gasteiger partial charge in [0, 0.05) is 38.3 Å². The Bertz CT molecular complexity index is 574. The molecule has 1 fully saturated rings. The number of piperazine rings is 1. The number of nitrogens with zero attached hydrogens (tertiary/aromatic N) is 1. The second-order valence-electron chi connectivity index (χ2n) is 4.01.